The molecule has 0 amide bonds. The molecule has 0 aliphatic carbocycles. The van der Waals surface area contributed by atoms with Gasteiger partial charge in [-0.3, -0.25) is 5.10 Å². The lowest BCUT2D eigenvalue weighted by atomic mass is 10.1. The molecule has 96 valence electrons. The molecule has 0 aromatic carbocycles. The second-order valence-electron chi connectivity index (χ2n) is 4.46. The lowest BCUT2D eigenvalue weighted by molar-refractivity contribution is 0.116. The molecule has 0 unspecified atom stereocenters. The first-order valence-corrected chi connectivity index (χ1v) is 6.29. The Hall–Kier alpha value is -1.14. The average Bonchev–Trinajstić information content (AvgIpc) is 2.79. The third-order valence-corrected chi connectivity index (χ3v) is 2.93. The number of hydrogen-bond acceptors (Lipinski definition) is 5. The molecule has 1 aromatic heterocycles. The number of hydrogen-bond donors (Lipinski definition) is 2. The van der Waals surface area contributed by atoms with Crippen molar-refractivity contribution < 1.29 is 4.74 Å². The topological polar surface area (TPSA) is 80.1 Å². The molecule has 0 saturated carbocycles. The fourth-order valence-electron chi connectivity index (χ4n) is 1.90. The number of anilines is 1. The highest BCUT2D eigenvalue weighted by molar-refractivity contribution is 5.29. The number of aromatic amines is 1. The number of aromatic nitrogens is 3. The maximum atomic E-state index is 5.87. The van der Waals surface area contributed by atoms with Gasteiger partial charge in [-0.25, -0.2) is 0 Å². The van der Waals surface area contributed by atoms with Crippen LogP contribution in [0.2, 0.25) is 0 Å². The maximum absolute atomic E-state index is 5.87. The van der Waals surface area contributed by atoms with Crippen molar-refractivity contribution in [2.45, 2.75) is 38.8 Å². The van der Waals surface area contributed by atoms with Gasteiger partial charge in [0.2, 0.25) is 5.95 Å². The molecule has 0 atom stereocenters. The number of nitrogens with one attached hydrogen (secondary N) is 1. The number of nitrogens with zero attached hydrogens (tertiary/aromatic N) is 3. The second-order valence-corrected chi connectivity index (χ2v) is 4.46. The van der Waals surface area contributed by atoms with Crippen LogP contribution >= 0.6 is 0 Å². The van der Waals surface area contributed by atoms with Gasteiger partial charge in [0.15, 0.2) is 5.82 Å². The summed E-state index contributed by atoms with van der Waals surface area (Å²) in [4.78, 5) is 6.59. The standard InChI is InChI=1S/C11H21N5O/c1-2-7-17-8-10-13-11(15-14-10)16-5-3-9(12)4-6-16/h9H,2-8,12H2,1H3,(H,13,14,15). The lowest BCUT2D eigenvalue weighted by Gasteiger charge is -2.28. The summed E-state index contributed by atoms with van der Waals surface area (Å²) in [5.74, 6) is 1.57. The Morgan fingerprint density at radius 3 is 2.94 bits per heavy atom. The Balaban J connectivity index is 1.85. The Labute approximate surface area is 102 Å². The van der Waals surface area contributed by atoms with Gasteiger partial charge in [-0.2, -0.15) is 4.98 Å². The molecule has 0 radical (unpaired) electrons. The van der Waals surface area contributed by atoms with E-state index in [1.165, 1.54) is 0 Å². The van der Waals surface area contributed by atoms with Gasteiger partial charge < -0.3 is 15.4 Å². The van der Waals surface area contributed by atoms with Crippen molar-refractivity contribution in [1.82, 2.24) is 15.2 Å². The molecule has 0 bridgehead atoms. The normalized spacial score (nSPS) is 17.6. The van der Waals surface area contributed by atoms with Crippen molar-refractivity contribution in [2.75, 3.05) is 24.6 Å². The van der Waals surface area contributed by atoms with E-state index in [2.05, 4.69) is 27.0 Å². The van der Waals surface area contributed by atoms with E-state index in [9.17, 15) is 0 Å². The summed E-state index contributed by atoms with van der Waals surface area (Å²) in [5.41, 5.74) is 5.87. The van der Waals surface area contributed by atoms with Crippen LogP contribution in [-0.2, 0) is 11.3 Å². The minimum Gasteiger partial charge on any atom is -0.373 e. The molecule has 6 heteroatoms. The fourth-order valence-corrected chi connectivity index (χ4v) is 1.90. The molecule has 1 aliphatic rings. The van der Waals surface area contributed by atoms with Gasteiger partial charge in [-0.05, 0) is 19.3 Å². The smallest absolute Gasteiger partial charge is 0.244 e. The van der Waals surface area contributed by atoms with Gasteiger partial charge >= 0.3 is 0 Å². The molecule has 1 aliphatic heterocycles. The molecule has 1 fully saturated rings. The van der Waals surface area contributed by atoms with Gasteiger partial charge in [0, 0.05) is 25.7 Å². The molecule has 3 N–H and O–H groups in total. The van der Waals surface area contributed by atoms with Crippen molar-refractivity contribution in [3.8, 4) is 0 Å². The van der Waals surface area contributed by atoms with E-state index < -0.39 is 0 Å². The molecule has 6 nitrogen and oxygen atoms in total. The number of ether oxygens (including phenoxy) is 1. The van der Waals surface area contributed by atoms with Crippen LogP contribution in [0.15, 0.2) is 0 Å². The summed E-state index contributed by atoms with van der Waals surface area (Å²) < 4.78 is 5.41. The first-order valence-electron chi connectivity index (χ1n) is 6.29. The monoisotopic (exact) mass is 239 g/mol. The van der Waals surface area contributed by atoms with Gasteiger partial charge in [-0.1, -0.05) is 6.92 Å². The van der Waals surface area contributed by atoms with E-state index in [-0.39, 0.29) is 0 Å². The zero-order chi connectivity index (χ0) is 12.1. The van der Waals surface area contributed by atoms with Crippen LogP contribution in [0.1, 0.15) is 32.0 Å². The number of H-pyrrole nitrogens is 1. The molecule has 0 spiro atoms. The zero-order valence-corrected chi connectivity index (χ0v) is 10.4. The minimum atomic E-state index is 0.331. The van der Waals surface area contributed by atoms with Crippen LogP contribution in [-0.4, -0.2) is 40.9 Å². The molecular weight excluding hydrogens is 218 g/mol. The third kappa shape index (κ3) is 3.41. The van der Waals surface area contributed by atoms with Gasteiger partial charge in [-0.15, -0.1) is 5.10 Å². The van der Waals surface area contributed by atoms with E-state index in [1.807, 2.05) is 0 Å². The summed E-state index contributed by atoms with van der Waals surface area (Å²) in [7, 11) is 0. The average molecular weight is 239 g/mol. The first kappa shape index (κ1) is 12.3. The van der Waals surface area contributed by atoms with Crippen LogP contribution in [0.4, 0.5) is 5.95 Å². The number of rotatable bonds is 5. The Bertz CT molecular complexity index is 332. The van der Waals surface area contributed by atoms with E-state index >= 15 is 0 Å². The van der Waals surface area contributed by atoms with E-state index in [0.717, 1.165) is 50.7 Å². The van der Waals surface area contributed by atoms with E-state index in [0.29, 0.717) is 12.6 Å². The largest absolute Gasteiger partial charge is 0.373 e. The highest BCUT2D eigenvalue weighted by atomic mass is 16.5. The predicted octanol–water partition coefficient (Wildman–Crippen LogP) is 0.659. The SMILES string of the molecule is CCCOCc1nc(N2CCC(N)CC2)n[nH]1. The first-order chi connectivity index (χ1) is 8.29. The van der Waals surface area contributed by atoms with Crippen molar-refractivity contribution in [2.24, 2.45) is 5.73 Å². The molecule has 2 rings (SSSR count). The highest BCUT2D eigenvalue weighted by Gasteiger charge is 2.19. The van der Waals surface area contributed by atoms with Crippen LogP contribution in [0.5, 0.6) is 0 Å². The number of nitrogens with two attached hydrogens (primary N) is 1. The third-order valence-electron chi connectivity index (χ3n) is 2.93. The minimum absolute atomic E-state index is 0.331. The molecule has 2 heterocycles. The van der Waals surface area contributed by atoms with Crippen molar-refractivity contribution in [1.29, 1.82) is 0 Å². The maximum Gasteiger partial charge on any atom is 0.244 e. The second kappa shape index (κ2) is 5.97. The Kier molecular flexibility index (Phi) is 4.33. The van der Waals surface area contributed by atoms with Gasteiger partial charge in [0.1, 0.15) is 6.61 Å². The Morgan fingerprint density at radius 1 is 1.47 bits per heavy atom. The predicted molar refractivity (Wildman–Crippen MR) is 65.8 cm³/mol. The summed E-state index contributed by atoms with van der Waals surface area (Å²) in [6, 6.07) is 0.331. The molecule has 1 saturated heterocycles. The summed E-state index contributed by atoms with van der Waals surface area (Å²) in [6.45, 7) is 5.23. The van der Waals surface area contributed by atoms with Gasteiger partial charge in [0.25, 0.3) is 0 Å². The fraction of sp³-hybridized carbons (Fsp3) is 0.818. The van der Waals surface area contributed by atoms with Crippen molar-refractivity contribution in [3.05, 3.63) is 5.82 Å². The van der Waals surface area contributed by atoms with Crippen LogP contribution in [0.3, 0.4) is 0 Å². The van der Waals surface area contributed by atoms with Crippen LogP contribution in [0.25, 0.3) is 0 Å². The zero-order valence-electron chi connectivity index (χ0n) is 10.4. The molecular formula is C11H21N5O. The van der Waals surface area contributed by atoms with E-state index in [4.69, 9.17) is 10.5 Å². The van der Waals surface area contributed by atoms with Crippen LogP contribution in [0, 0.1) is 0 Å². The molecule has 1 aromatic rings. The summed E-state index contributed by atoms with van der Waals surface area (Å²) in [6.07, 6.45) is 3.04. The molecule has 17 heavy (non-hydrogen) atoms. The summed E-state index contributed by atoms with van der Waals surface area (Å²) >= 11 is 0. The quantitative estimate of drug-likeness (QED) is 0.738. The van der Waals surface area contributed by atoms with E-state index in [1.54, 1.807) is 0 Å². The lowest BCUT2D eigenvalue weighted by Crippen LogP contribution is -2.40. The van der Waals surface area contributed by atoms with Crippen molar-refractivity contribution in [3.63, 3.8) is 0 Å². The van der Waals surface area contributed by atoms with Crippen molar-refractivity contribution >= 4 is 5.95 Å². The Morgan fingerprint density at radius 2 is 2.24 bits per heavy atom. The number of piperidine rings is 1. The highest BCUT2D eigenvalue weighted by Crippen LogP contribution is 2.14. The van der Waals surface area contributed by atoms with Crippen LogP contribution < -0.4 is 10.6 Å². The van der Waals surface area contributed by atoms with Gasteiger partial charge in [0.05, 0.1) is 0 Å². The summed E-state index contributed by atoms with van der Waals surface area (Å²) in [5, 5.41) is 7.13.